The van der Waals surface area contributed by atoms with E-state index in [1.807, 2.05) is 12.3 Å². The quantitative estimate of drug-likeness (QED) is 0.867. The van der Waals surface area contributed by atoms with Crippen molar-refractivity contribution in [3.63, 3.8) is 0 Å². The van der Waals surface area contributed by atoms with E-state index in [-0.39, 0.29) is 5.41 Å². The number of pyridine rings is 1. The average Bonchev–Trinajstić information content (AvgIpc) is 2.84. The lowest BCUT2D eigenvalue weighted by Gasteiger charge is -2.32. The SMILES string of the molecule is CCN1CCCC(c2nc3cccnc3n2CC(C)(C)C)C1. The van der Waals surface area contributed by atoms with Gasteiger partial charge in [0.05, 0.1) is 0 Å². The van der Waals surface area contributed by atoms with Gasteiger partial charge in [-0.15, -0.1) is 0 Å². The van der Waals surface area contributed by atoms with Gasteiger partial charge < -0.3 is 9.47 Å². The summed E-state index contributed by atoms with van der Waals surface area (Å²) in [7, 11) is 0. The summed E-state index contributed by atoms with van der Waals surface area (Å²) in [6, 6.07) is 4.07. The monoisotopic (exact) mass is 300 g/mol. The summed E-state index contributed by atoms with van der Waals surface area (Å²) >= 11 is 0. The molecule has 3 rings (SSSR count). The molecule has 0 bridgehead atoms. The van der Waals surface area contributed by atoms with Gasteiger partial charge in [0.25, 0.3) is 0 Å². The van der Waals surface area contributed by atoms with Crippen LogP contribution in [0.25, 0.3) is 11.2 Å². The number of likely N-dealkylation sites (tertiary alicyclic amines) is 1. The summed E-state index contributed by atoms with van der Waals surface area (Å²) in [5.74, 6) is 1.77. The lowest BCUT2D eigenvalue weighted by atomic mass is 9.94. The highest BCUT2D eigenvalue weighted by atomic mass is 15.2. The number of fused-ring (bicyclic) bond motifs is 1. The van der Waals surface area contributed by atoms with Crippen LogP contribution in [-0.4, -0.2) is 39.1 Å². The van der Waals surface area contributed by atoms with Crippen LogP contribution in [0.3, 0.4) is 0 Å². The number of hydrogen-bond acceptors (Lipinski definition) is 3. The summed E-state index contributed by atoms with van der Waals surface area (Å²) in [5, 5.41) is 0. The van der Waals surface area contributed by atoms with Gasteiger partial charge in [-0.2, -0.15) is 0 Å². The van der Waals surface area contributed by atoms with E-state index in [4.69, 9.17) is 4.98 Å². The molecule has 0 N–H and O–H groups in total. The van der Waals surface area contributed by atoms with E-state index < -0.39 is 0 Å². The molecule has 3 heterocycles. The van der Waals surface area contributed by atoms with Crippen molar-refractivity contribution >= 4 is 11.2 Å². The topological polar surface area (TPSA) is 34.0 Å². The van der Waals surface area contributed by atoms with Gasteiger partial charge in [-0.1, -0.05) is 27.7 Å². The van der Waals surface area contributed by atoms with Gasteiger partial charge in [0, 0.05) is 25.2 Å². The van der Waals surface area contributed by atoms with Crippen molar-refractivity contribution in [1.29, 1.82) is 0 Å². The average molecular weight is 300 g/mol. The van der Waals surface area contributed by atoms with Gasteiger partial charge in [0.15, 0.2) is 5.65 Å². The molecule has 1 unspecified atom stereocenters. The first-order valence-corrected chi connectivity index (χ1v) is 8.51. The molecule has 120 valence electrons. The van der Waals surface area contributed by atoms with Crippen molar-refractivity contribution in [3.05, 3.63) is 24.2 Å². The van der Waals surface area contributed by atoms with Crippen LogP contribution in [0.2, 0.25) is 0 Å². The molecule has 22 heavy (non-hydrogen) atoms. The molecule has 1 aliphatic rings. The molecule has 1 fully saturated rings. The maximum atomic E-state index is 4.96. The van der Waals surface area contributed by atoms with Gasteiger partial charge in [0.1, 0.15) is 11.3 Å². The van der Waals surface area contributed by atoms with Crippen molar-refractivity contribution < 1.29 is 0 Å². The fourth-order valence-corrected chi connectivity index (χ4v) is 3.47. The molecule has 2 aromatic rings. The fraction of sp³-hybridized carbons (Fsp3) is 0.667. The third kappa shape index (κ3) is 3.17. The molecule has 1 aliphatic heterocycles. The first-order valence-electron chi connectivity index (χ1n) is 8.51. The summed E-state index contributed by atoms with van der Waals surface area (Å²) in [6.07, 6.45) is 4.39. The predicted octanol–water partition coefficient (Wildman–Crippen LogP) is 3.68. The smallest absolute Gasteiger partial charge is 0.160 e. The molecule has 2 aromatic heterocycles. The van der Waals surface area contributed by atoms with Crippen LogP contribution in [-0.2, 0) is 6.54 Å². The molecule has 0 spiro atoms. The lowest BCUT2D eigenvalue weighted by molar-refractivity contribution is 0.209. The number of aromatic nitrogens is 3. The highest BCUT2D eigenvalue weighted by Crippen LogP contribution is 2.30. The Bertz CT molecular complexity index is 638. The van der Waals surface area contributed by atoms with Crippen LogP contribution in [0, 0.1) is 5.41 Å². The maximum absolute atomic E-state index is 4.96. The molecule has 0 saturated carbocycles. The van der Waals surface area contributed by atoms with E-state index in [9.17, 15) is 0 Å². The van der Waals surface area contributed by atoms with E-state index in [0.29, 0.717) is 5.92 Å². The standard InChI is InChI=1S/C18H28N4/c1-5-21-11-7-8-14(12-21)16-20-15-9-6-10-19-17(15)22(16)13-18(2,3)4/h6,9-10,14H,5,7-8,11-13H2,1-4H3. The molecule has 0 aliphatic carbocycles. The number of piperidine rings is 1. The Labute approximate surface area is 133 Å². The third-order valence-electron chi connectivity index (χ3n) is 4.48. The van der Waals surface area contributed by atoms with Crippen LogP contribution in [0.5, 0.6) is 0 Å². The van der Waals surface area contributed by atoms with Gasteiger partial charge in [-0.05, 0) is 43.5 Å². The van der Waals surface area contributed by atoms with Crippen molar-refractivity contribution in [1.82, 2.24) is 19.4 Å². The van der Waals surface area contributed by atoms with E-state index in [1.165, 1.54) is 25.2 Å². The number of likely N-dealkylation sites (N-methyl/N-ethyl adjacent to an activating group) is 1. The highest BCUT2D eigenvalue weighted by Gasteiger charge is 2.27. The molecule has 1 saturated heterocycles. The lowest BCUT2D eigenvalue weighted by Crippen LogP contribution is -2.35. The Kier molecular flexibility index (Phi) is 4.22. The van der Waals surface area contributed by atoms with Crippen LogP contribution < -0.4 is 0 Å². The third-order valence-corrected chi connectivity index (χ3v) is 4.48. The van der Waals surface area contributed by atoms with Gasteiger partial charge in [-0.3, -0.25) is 0 Å². The summed E-state index contributed by atoms with van der Waals surface area (Å²) in [5.41, 5.74) is 2.30. The highest BCUT2D eigenvalue weighted by molar-refractivity contribution is 5.71. The normalized spacial score (nSPS) is 20.6. The van der Waals surface area contributed by atoms with Gasteiger partial charge in [-0.25, -0.2) is 9.97 Å². The Hall–Kier alpha value is -1.42. The molecule has 0 aromatic carbocycles. The Balaban J connectivity index is 2.02. The zero-order valence-electron chi connectivity index (χ0n) is 14.3. The number of imidazole rings is 1. The first-order chi connectivity index (χ1) is 10.5. The van der Waals surface area contributed by atoms with Gasteiger partial charge in [0.2, 0.25) is 0 Å². The minimum atomic E-state index is 0.221. The Morgan fingerprint density at radius 2 is 2.14 bits per heavy atom. The van der Waals surface area contributed by atoms with Gasteiger partial charge >= 0.3 is 0 Å². The first kappa shape index (κ1) is 15.5. The molecule has 0 radical (unpaired) electrons. The van der Waals surface area contributed by atoms with Crippen LogP contribution in [0.15, 0.2) is 18.3 Å². The largest absolute Gasteiger partial charge is 0.312 e. The summed E-state index contributed by atoms with van der Waals surface area (Å²) < 4.78 is 2.37. The molecular weight excluding hydrogens is 272 g/mol. The maximum Gasteiger partial charge on any atom is 0.160 e. The zero-order valence-corrected chi connectivity index (χ0v) is 14.3. The van der Waals surface area contributed by atoms with Crippen LogP contribution >= 0.6 is 0 Å². The second-order valence-electron chi connectivity index (χ2n) is 7.70. The minimum Gasteiger partial charge on any atom is -0.312 e. The second-order valence-corrected chi connectivity index (χ2v) is 7.70. The van der Waals surface area contributed by atoms with Crippen LogP contribution in [0.4, 0.5) is 0 Å². The molecule has 4 nitrogen and oxygen atoms in total. The molecule has 1 atom stereocenters. The Morgan fingerprint density at radius 3 is 2.86 bits per heavy atom. The minimum absolute atomic E-state index is 0.221. The van der Waals surface area contributed by atoms with Crippen molar-refractivity contribution in [2.75, 3.05) is 19.6 Å². The van der Waals surface area contributed by atoms with Crippen molar-refractivity contribution in [2.45, 2.75) is 53.0 Å². The number of rotatable bonds is 3. The molecule has 0 amide bonds. The molecule has 4 heteroatoms. The fourth-order valence-electron chi connectivity index (χ4n) is 3.47. The molecular formula is C18H28N4. The number of hydrogen-bond donors (Lipinski definition) is 0. The number of nitrogens with zero attached hydrogens (tertiary/aromatic N) is 4. The summed E-state index contributed by atoms with van der Waals surface area (Å²) in [6.45, 7) is 13.6. The summed E-state index contributed by atoms with van der Waals surface area (Å²) in [4.78, 5) is 12.1. The van der Waals surface area contributed by atoms with E-state index in [0.717, 1.165) is 30.8 Å². The predicted molar refractivity (Wildman–Crippen MR) is 91.1 cm³/mol. The van der Waals surface area contributed by atoms with E-state index in [2.05, 4.69) is 48.2 Å². The van der Waals surface area contributed by atoms with E-state index in [1.54, 1.807) is 0 Å². The van der Waals surface area contributed by atoms with E-state index >= 15 is 0 Å². The van der Waals surface area contributed by atoms with Crippen molar-refractivity contribution in [2.24, 2.45) is 5.41 Å². The Morgan fingerprint density at radius 1 is 1.32 bits per heavy atom. The second kappa shape index (κ2) is 5.99. The van der Waals surface area contributed by atoms with Crippen LogP contribution in [0.1, 0.15) is 52.3 Å². The van der Waals surface area contributed by atoms with Crippen molar-refractivity contribution in [3.8, 4) is 0 Å². The zero-order chi connectivity index (χ0) is 15.7.